The summed E-state index contributed by atoms with van der Waals surface area (Å²) in [6.07, 6.45) is 7.51. The molecular formula is C25H30N2O4S3. The largest absolute Gasteiger partial charge is 0.487 e. The minimum Gasteiger partial charge on any atom is -0.487 e. The molecule has 3 aromatic rings. The zero-order chi connectivity index (χ0) is 23.8. The summed E-state index contributed by atoms with van der Waals surface area (Å²) in [5.41, 5.74) is 2.92. The van der Waals surface area contributed by atoms with Gasteiger partial charge in [-0.1, -0.05) is 24.3 Å². The van der Waals surface area contributed by atoms with E-state index in [0.29, 0.717) is 18.0 Å². The lowest BCUT2D eigenvalue weighted by atomic mass is 10.0. The van der Waals surface area contributed by atoms with Gasteiger partial charge in [-0.15, -0.1) is 0 Å². The Kier molecular flexibility index (Phi) is 8.80. The van der Waals surface area contributed by atoms with Gasteiger partial charge in [0, 0.05) is 19.6 Å². The predicted molar refractivity (Wildman–Crippen MR) is 141 cm³/mol. The Balaban J connectivity index is 1.21. The van der Waals surface area contributed by atoms with Crippen LogP contribution < -0.4 is 9.46 Å². The number of nitrogens with zero attached hydrogens (tertiary/aromatic N) is 1. The number of anilines is 1. The van der Waals surface area contributed by atoms with Crippen LogP contribution in [0.5, 0.6) is 5.75 Å². The Morgan fingerprint density at radius 1 is 1.06 bits per heavy atom. The van der Waals surface area contributed by atoms with Gasteiger partial charge in [0.15, 0.2) is 0 Å². The van der Waals surface area contributed by atoms with Crippen LogP contribution in [0, 0.1) is 0 Å². The smallest absolute Gasteiger partial charge is 0.229 e. The molecule has 0 unspecified atom stereocenters. The summed E-state index contributed by atoms with van der Waals surface area (Å²) in [4.78, 5) is 2.42. The van der Waals surface area contributed by atoms with E-state index in [1.54, 1.807) is 40.9 Å². The summed E-state index contributed by atoms with van der Waals surface area (Å²) in [6, 6.07) is 11.3. The van der Waals surface area contributed by atoms with E-state index in [1.165, 1.54) is 11.1 Å². The molecule has 0 atom stereocenters. The number of hydrogen-bond acceptors (Lipinski definition) is 7. The topological polar surface area (TPSA) is 67.9 Å². The van der Waals surface area contributed by atoms with Gasteiger partial charge < -0.3 is 9.47 Å². The van der Waals surface area contributed by atoms with E-state index in [2.05, 4.69) is 49.4 Å². The van der Waals surface area contributed by atoms with Crippen molar-refractivity contribution in [2.75, 3.05) is 37.2 Å². The number of ether oxygens (including phenoxy) is 2. The number of thiophene rings is 2. The first-order valence-electron chi connectivity index (χ1n) is 11.2. The molecule has 3 heterocycles. The highest BCUT2D eigenvalue weighted by Gasteiger charge is 2.24. The van der Waals surface area contributed by atoms with Crippen molar-refractivity contribution in [3.63, 3.8) is 0 Å². The molecule has 0 bridgehead atoms. The minimum atomic E-state index is -3.35. The molecule has 1 fully saturated rings. The first-order chi connectivity index (χ1) is 16.5. The zero-order valence-electron chi connectivity index (χ0n) is 19.1. The lowest BCUT2D eigenvalue weighted by Crippen LogP contribution is -2.37. The summed E-state index contributed by atoms with van der Waals surface area (Å²) in [5.74, 6) is 0.515. The second kappa shape index (κ2) is 12.0. The molecule has 1 saturated heterocycles. The molecule has 0 amide bonds. The van der Waals surface area contributed by atoms with E-state index < -0.39 is 10.0 Å². The Morgan fingerprint density at radius 3 is 2.35 bits per heavy atom. The van der Waals surface area contributed by atoms with Crippen LogP contribution in [0.25, 0.3) is 0 Å². The molecule has 9 heteroatoms. The average Bonchev–Trinajstić information content (AvgIpc) is 3.53. The monoisotopic (exact) mass is 518 g/mol. The van der Waals surface area contributed by atoms with Crippen molar-refractivity contribution in [2.24, 2.45) is 0 Å². The fourth-order valence-corrected chi connectivity index (χ4v) is 5.84. The van der Waals surface area contributed by atoms with Gasteiger partial charge in [-0.25, -0.2) is 8.42 Å². The molecule has 0 aliphatic carbocycles. The first-order valence-corrected chi connectivity index (χ1v) is 15.0. The molecule has 1 aromatic carbocycles. The number of likely N-dealkylation sites (tertiary alicyclic amines) is 1. The third-order valence-electron chi connectivity index (χ3n) is 5.60. The fraction of sp³-hybridized carbons (Fsp3) is 0.360. The van der Waals surface area contributed by atoms with E-state index >= 15 is 0 Å². The van der Waals surface area contributed by atoms with Crippen LogP contribution in [0.3, 0.4) is 0 Å². The lowest BCUT2D eigenvalue weighted by molar-refractivity contribution is -0.0250. The third kappa shape index (κ3) is 7.41. The van der Waals surface area contributed by atoms with E-state index in [1.807, 2.05) is 12.1 Å². The predicted octanol–water partition coefficient (Wildman–Crippen LogP) is 5.39. The Bertz CT molecular complexity index is 1100. The zero-order valence-corrected chi connectivity index (χ0v) is 21.6. The van der Waals surface area contributed by atoms with Crippen molar-refractivity contribution in [3.8, 4) is 5.75 Å². The van der Waals surface area contributed by atoms with Gasteiger partial charge in [-0.2, -0.15) is 22.7 Å². The van der Waals surface area contributed by atoms with E-state index in [9.17, 15) is 8.42 Å². The van der Waals surface area contributed by atoms with Crippen molar-refractivity contribution in [1.82, 2.24) is 4.90 Å². The van der Waals surface area contributed by atoms with Crippen LogP contribution in [0.4, 0.5) is 5.69 Å². The number of hydrogen-bond donors (Lipinski definition) is 1. The molecule has 0 radical (unpaired) electrons. The minimum absolute atomic E-state index is 0.0196. The van der Waals surface area contributed by atoms with Crippen LogP contribution in [-0.4, -0.2) is 51.9 Å². The van der Waals surface area contributed by atoms with Crippen molar-refractivity contribution < 1.29 is 17.9 Å². The number of para-hydroxylation sites is 2. The van der Waals surface area contributed by atoms with Crippen LogP contribution in [-0.2, 0) is 14.8 Å². The molecule has 1 N–H and O–H groups in total. The standard InChI is InChI=1S/C25H30N2O4S3/c1-34(28,29)26-23-6-2-3-7-24(23)30-15-5-4-12-27-13-8-22(9-14-27)31-25(20-10-16-32-18-20)21-11-17-33-19-21/h2-7,10-11,16-19,22,25-26H,8-9,12-15H2,1H3. The van der Waals surface area contributed by atoms with Gasteiger partial charge in [0.25, 0.3) is 0 Å². The highest BCUT2D eigenvalue weighted by Crippen LogP contribution is 2.32. The number of rotatable bonds is 11. The Labute approximate surface area is 209 Å². The first kappa shape index (κ1) is 24.9. The van der Waals surface area contributed by atoms with Gasteiger partial charge >= 0.3 is 0 Å². The van der Waals surface area contributed by atoms with Gasteiger partial charge in [0.2, 0.25) is 10.0 Å². The maximum Gasteiger partial charge on any atom is 0.229 e. The van der Waals surface area contributed by atoms with Crippen LogP contribution in [0.15, 0.2) is 70.1 Å². The number of sulfonamides is 1. The lowest BCUT2D eigenvalue weighted by Gasteiger charge is -2.33. The summed E-state index contributed by atoms with van der Waals surface area (Å²) < 4.78 is 37.8. The number of piperidine rings is 1. The van der Waals surface area contributed by atoms with Gasteiger partial charge in [-0.3, -0.25) is 9.62 Å². The Morgan fingerprint density at radius 2 is 1.74 bits per heavy atom. The van der Waals surface area contributed by atoms with E-state index in [0.717, 1.165) is 38.7 Å². The summed E-state index contributed by atoms with van der Waals surface area (Å²) >= 11 is 3.42. The van der Waals surface area contributed by atoms with Gasteiger partial charge in [0.05, 0.1) is 18.0 Å². The number of nitrogens with one attached hydrogen (secondary N) is 1. The number of benzene rings is 1. The maximum atomic E-state index is 11.5. The third-order valence-corrected chi connectivity index (χ3v) is 7.60. The fourth-order valence-electron chi connectivity index (χ4n) is 3.92. The van der Waals surface area contributed by atoms with Gasteiger partial charge in [-0.05, 0) is 69.8 Å². The SMILES string of the molecule is CS(=O)(=O)Nc1ccccc1OCC=CCN1CCC(OC(c2ccsc2)c2ccsc2)CC1. The molecule has 1 aliphatic heterocycles. The maximum absolute atomic E-state index is 11.5. The molecule has 6 nitrogen and oxygen atoms in total. The van der Waals surface area contributed by atoms with Crippen LogP contribution in [0.2, 0.25) is 0 Å². The van der Waals surface area contributed by atoms with E-state index in [-0.39, 0.29) is 12.2 Å². The van der Waals surface area contributed by atoms with E-state index in [4.69, 9.17) is 9.47 Å². The van der Waals surface area contributed by atoms with Crippen LogP contribution in [0.1, 0.15) is 30.1 Å². The van der Waals surface area contributed by atoms with Gasteiger partial charge in [0.1, 0.15) is 18.5 Å². The normalized spacial score (nSPS) is 15.8. The van der Waals surface area contributed by atoms with Crippen LogP contribution >= 0.6 is 22.7 Å². The molecule has 34 heavy (non-hydrogen) atoms. The Hall–Kier alpha value is -2.17. The average molecular weight is 519 g/mol. The van der Waals surface area contributed by atoms with Crippen molar-refractivity contribution in [2.45, 2.75) is 25.0 Å². The van der Waals surface area contributed by atoms with Crippen molar-refractivity contribution in [3.05, 3.63) is 81.2 Å². The second-order valence-electron chi connectivity index (χ2n) is 8.28. The highest BCUT2D eigenvalue weighted by molar-refractivity contribution is 7.92. The molecule has 0 saturated carbocycles. The second-order valence-corrected chi connectivity index (χ2v) is 11.6. The molecule has 0 spiro atoms. The summed E-state index contributed by atoms with van der Waals surface area (Å²) in [6.45, 7) is 3.23. The molecule has 1 aliphatic rings. The molecule has 182 valence electrons. The summed E-state index contributed by atoms with van der Waals surface area (Å²) in [5, 5.41) is 8.58. The van der Waals surface area contributed by atoms with Crippen molar-refractivity contribution >= 4 is 38.4 Å². The molecule has 4 rings (SSSR count). The summed E-state index contributed by atoms with van der Waals surface area (Å²) in [7, 11) is -3.35. The molecule has 2 aromatic heterocycles. The quantitative estimate of drug-likeness (QED) is 0.345. The highest BCUT2D eigenvalue weighted by atomic mass is 32.2. The van der Waals surface area contributed by atoms with Crippen molar-refractivity contribution in [1.29, 1.82) is 0 Å². The molecular weight excluding hydrogens is 488 g/mol.